The van der Waals surface area contributed by atoms with Crippen LogP contribution in [0.2, 0.25) is 0 Å². The molecule has 11 atom stereocenters. The van der Waals surface area contributed by atoms with Gasteiger partial charge < -0.3 is 29.9 Å². The fourth-order valence-electron chi connectivity index (χ4n) is 11.1. The van der Waals surface area contributed by atoms with Crippen molar-refractivity contribution in [3.8, 4) is 0 Å². The lowest BCUT2D eigenvalue weighted by Crippen LogP contribution is -2.70. The summed E-state index contributed by atoms with van der Waals surface area (Å²) in [6.07, 6.45) is 2.70. The van der Waals surface area contributed by atoms with Gasteiger partial charge in [0.2, 0.25) is 0 Å². The van der Waals surface area contributed by atoms with Crippen LogP contribution < -0.4 is 0 Å². The lowest BCUT2D eigenvalue weighted by Gasteiger charge is -2.71. The maximum atomic E-state index is 12.6. The first-order chi connectivity index (χ1) is 20.1. The van der Waals surface area contributed by atoms with Crippen molar-refractivity contribution in [2.45, 2.75) is 149 Å². The highest BCUT2D eigenvalue weighted by atomic mass is 16.6. The quantitative estimate of drug-likeness (QED) is 0.155. The van der Waals surface area contributed by atoms with E-state index in [2.05, 4.69) is 41.2 Å². The minimum Gasteiger partial charge on any atom is -0.481 e. The van der Waals surface area contributed by atoms with E-state index in [-0.39, 0.29) is 35.5 Å². The fraction of sp³-hybridized carbons (Fsp3) is 0.857. The highest BCUT2D eigenvalue weighted by Crippen LogP contribution is 2.76. The molecule has 0 aliphatic heterocycles. The van der Waals surface area contributed by atoms with Crippen molar-refractivity contribution in [2.75, 3.05) is 0 Å². The second-order valence-corrected chi connectivity index (χ2v) is 16.4. The van der Waals surface area contributed by atoms with Gasteiger partial charge in [-0.3, -0.25) is 14.4 Å². The van der Waals surface area contributed by atoms with Crippen LogP contribution in [-0.4, -0.2) is 67.8 Å². The van der Waals surface area contributed by atoms with E-state index < -0.39 is 70.6 Å². The van der Waals surface area contributed by atoms with Crippen LogP contribution in [0.5, 0.6) is 0 Å². The Labute approximate surface area is 262 Å². The summed E-state index contributed by atoms with van der Waals surface area (Å²) in [4.78, 5) is 36.1. The van der Waals surface area contributed by atoms with E-state index in [4.69, 9.17) is 14.6 Å². The Hall–Kier alpha value is -1.97. The largest absolute Gasteiger partial charge is 0.481 e. The van der Waals surface area contributed by atoms with Gasteiger partial charge in [-0.2, -0.15) is 0 Å². The van der Waals surface area contributed by atoms with Crippen molar-refractivity contribution in [1.29, 1.82) is 0 Å². The highest BCUT2D eigenvalue weighted by molar-refractivity contribution is 5.90. The molecule has 0 aromatic rings. The van der Waals surface area contributed by atoms with E-state index in [1.165, 1.54) is 6.92 Å². The van der Waals surface area contributed by atoms with Gasteiger partial charge in [-0.25, -0.2) is 0 Å². The third-order valence-electron chi connectivity index (χ3n) is 13.7. The van der Waals surface area contributed by atoms with E-state index in [0.717, 1.165) is 19.3 Å². The number of carbonyl (C=O) groups is 3. The summed E-state index contributed by atoms with van der Waals surface area (Å²) in [6, 6.07) is 0. The summed E-state index contributed by atoms with van der Waals surface area (Å²) in [5.41, 5.74) is -3.74. The summed E-state index contributed by atoms with van der Waals surface area (Å²) in [5, 5.41) is 44.0. The van der Waals surface area contributed by atoms with Crippen molar-refractivity contribution in [3.05, 3.63) is 12.2 Å². The van der Waals surface area contributed by atoms with Gasteiger partial charge in [0.05, 0.1) is 17.3 Å². The first kappa shape index (κ1) is 34.9. The number of aliphatic hydroxyl groups is 3. The molecule has 4 rings (SSSR count). The maximum Gasteiger partial charge on any atom is 0.317 e. The first-order valence-electron chi connectivity index (χ1n) is 16.4. The number of rotatable bonds is 9. The number of hydrogen-bond donors (Lipinski definition) is 4. The Kier molecular flexibility index (Phi) is 9.02. The zero-order chi connectivity index (χ0) is 33.3. The molecule has 0 aromatic carbocycles. The standard InChI is InChI=1S/C35H56O9/c1-20(2)22(37)10-15-34(9,41)35(42)17-16-33(8)29(35)23(43-21(3)36)18-25-31(6)13-12-26(44-28(40)19-27(38)39)30(4,5)24(31)11-14-32(25,33)7/h22-26,29,37,41-42H,1,10-19H2,2-9H3,(H,38,39)/t22-,23-,24+,25-,26-,29+,31+,32-,33-,34+,35-/m1/s1. The molecule has 0 amide bonds. The molecule has 0 spiro atoms. The third kappa shape index (κ3) is 5.32. The molecule has 4 N–H and O–H groups in total. The number of esters is 2. The first-order valence-corrected chi connectivity index (χ1v) is 16.4. The zero-order valence-corrected chi connectivity index (χ0v) is 28.1. The van der Waals surface area contributed by atoms with Crippen LogP contribution in [-0.2, 0) is 23.9 Å². The number of aliphatic hydroxyl groups excluding tert-OH is 1. The van der Waals surface area contributed by atoms with Gasteiger partial charge in [0.25, 0.3) is 0 Å². The van der Waals surface area contributed by atoms with Crippen molar-refractivity contribution >= 4 is 17.9 Å². The van der Waals surface area contributed by atoms with Crippen molar-refractivity contribution in [2.24, 2.45) is 39.4 Å². The summed E-state index contributed by atoms with van der Waals surface area (Å²) in [5.74, 6) is -2.53. The maximum absolute atomic E-state index is 12.6. The molecule has 44 heavy (non-hydrogen) atoms. The van der Waals surface area contributed by atoms with Gasteiger partial charge >= 0.3 is 17.9 Å². The Balaban J connectivity index is 1.71. The summed E-state index contributed by atoms with van der Waals surface area (Å²) in [6.45, 7) is 19.7. The highest BCUT2D eigenvalue weighted by Gasteiger charge is 2.75. The Bertz CT molecular complexity index is 1180. The number of carboxylic acids is 1. The Morgan fingerprint density at radius 3 is 2.16 bits per heavy atom. The minimum absolute atomic E-state index is 0.131. The fourth-order valence-corrected chi connectivity index (χ4v) is 11.1. The lowest BCUT2D eigenvalue weighted by molar-refractivity contribution is -0.275. The van der Waals surface area contributed by atoms with E-state index in [1.54, 1.807) is 13.8 Å². The van der Waals surface area contributed by atoms with E-state index >= 15 is 0 Å². The minimum atomic E-state index is -1.53. The summed E-state index contributed by atoms with van der Waals surface area (Å²) < 4.78 is 11.9. The average Bonchev–Trinajstić information content (AvgIpc) is 3.19. The van der Waals surface area contributed by atoms with Gasteiger partial charge in [0.1, 0.15) is 18.6 Å². The third-order valence-corrected chi connectivity index (χ3v) is 13.7. The number of fused-ring (bicyclic) bond motifs is 5. The SMILES string of the molecule is C=C(C)[C@H](O)CC[C@](C)(O)[C@@]1(O)CC[C@]2(C)[C@@H]1[C@H](OC(C)=O)C[C@@H]1[C@@]3(C)CC[C@@H](OC(=O)CC(=O)O)C(C)(C)[C@@H]3CC[C@]12C. The van der Waals surface area contributed by atoms with Crippen molar-refractivity contribution in [1.82, 2.24) is 0 Å². The molecule has 4 aliphatic carbocycles. The molecule has 0 bridgehead atoms. The Morgan fingerprint density at radius 2 is 1.59 bits per heavy atom. The predicted octanol–water partition coefficient (Wildman–Crippen LogP) is 5.18. The molecule has 9 nitrogen and oxygen atoms in total. The van der Waals surface area contributed by atoms with Gasteiger partial charge in [0, 0.05) is 18.3 Å². The van der Waals surface area contributed by atoms with Crippen LogP contribution in [0.15, 0.2) is 12.2 Å². The number of hydrogen-bond acceptors (Lipinski definition) is 8. The normalized spacial score (nSPS) is 42.9. The molecular formula is C35H56O9. The lowest BCUT2D eigenvalue weighted by atomic mass is 9.35. The van der Waals surface area contributed by atoms with Gasteiger partial charge in [-0.05, 0) is 99.7 Å². The van der Waals surface area contributed by atoms with Gasteiger partial charge in [0.15, 0.2) is 0 Å². The van der Waals surface area contributed by atoms with Crippen LogP contribution in [0, 0.1) is 39.4 Å². The summed E-state index contributed by atoms with van der Waals surface area (Å²) in [7, 11) is 0. The van der Waals surface area contributed by atoms with Gasteiger partial charge in [-0.15, -0.1) is 0 Å². The molecule has 250 valence electrons. The zero-order valence-electron chi connectivity index (χ0n) is 28.1. The topological polar surface area (TPSA) is 151 Å². The second kappa shape index (κ2) is 11.4. The Morgan fingerprint density at radius 1 is 0.955 bits per heavy atom. The molecule has 0 radical (unpaired) electrons. The smallest absolute Gasteiger partial charge is 0.317 e. The molecule has 4 aliphatic rings. The van der Waals surface area contributed by atoms with E-state index in [0.29, 0.717) is 31.3 Å². The molecular weight excluding hydrogens is 564 g/mol. The number of ether oxygens (including phenoxy) is 2. The summed E-state index contributed by atoms with van der Waals surface area (Å²) >= 11 is 0. The number of aliphatic carboxylic acids is 1. The molecule has 4 fully saturated rings. The predicted molar refractivity (Wildman–Crippen MR) is 164 cm³/mol. The van der Waals surface area contributed by atoms with Gasteiger partial charge in [-0.1, -0.05) is 46.8 Å². The molecule has 0 aromatic heterocycles. The van der Waals surface area contributed by atoms with Crippen LogP contribution in [0.1, 0.15) is 120 Å². The van der Waals surface area contributed by atoms with Crippen molar-refractivity contribution in [3.63, 3.8) is 0 Å². The van der Waals surface area contributed by atoms with E-state index in [9.17, 15) is 29.7 Å². The molecule has 0 saturated heterocycles. The second-order valence-electron chi connectivity index (χ2n) is 16.4. The van der Waals surface area contributed by atoms with Crippen LogP contribution >= 0.6 is 0 Å². The van der Waals surface area contributed by atoms with Crippen LogP contribution in [0.25, 0.3) is 0 Å². The van der Waals surface area contributed by atoms with Crippen LogP contribution in [0.3, 0.4) is 0 Å². The molecule has 0 heterocycles. The molecule has 4 saturated carbocycles. The average molecular weight is 621 g/mol. The number of carbonyl (C=O) groups excluding carboxylic acids is 2. The van der Waals surface area contributed by atoms with E-state index in [1.807, 2.05) is 0 Å². The number of carboxylic acid groups (broad SMARTS) is 1. The molecule has 9 heteroatoms. The monoisotopic (exact) mass is 620 g/mol. The van der Waals surface area contributed by atoms with Crippen molar-refractivity contribution < 1.29 is 44.3 Å². The van der Waals surface area contributed by atoms with Crippen LogP contribution in [0.4, 0.5) is 0 Å². The molecule has 0 unspecified atom stereocenters.